The molecule has 108 valence electrons. The average Bonchev–Trinajstić information content (AvgIpc) is 2.71. The van der Waals surface area contributed by atoms with Gasteiger partial charge in [-0.25, -0.2) is 8.42 Å². The number of sulfonamides is 1. The van der Waals surface area contributed by atoms with E-state index in [0.717, 1.165) is 16.9 Å². The standard InChI is InChI=1S/C11H17ClN2O3S2/c1-8-5-10(18-11(8)12)19(15,16)14-3-4-17-9(7-14)6-13-2/h5,9,13H,3-4,6-7H2,1-2H3. The molecule has 1 N–H and O–H groups in total. The fraction of sp³-hybridized carbons (Fsp3) is 0.636. The van der Waals surface area contributed by atoms with Crippen LogP contribution in [0.25, 0.3) is 0 Å². The molecule has 2 heterocycles. The predicted molar refractivity (Wildman–Crippen MR) is 76.5 cm³/mol. The fourth-order valence-corrected chi connectivity index (χ4v) is 5.27. The lowest BCUT2D eigenvalue weighted by molar-refractivity contribution is 0.000879. The normalized spacial score (nSPS) is 21.7. The molecule has 19 heavy (non-hydrogen) atoms. The van der Waals surface area contributed by atoms with E-state index in [1.807, 2.05) is 7.05 Å². The molecular formula is C11H17ClN2O3S2. The summed E-state index contributed by atoms with van der Waals surface area (Å²) in [5.74, 6) is 0. The molecule has 1 saturated heterocycles. The summed E-state index contributed by atoms with van der Waals surface area (Å²) in [6.07, 6.45) is -0.106. The molecule has 1 aliphatic heterocycles. The molecule has 1 fully saturated rings. The summed E-state index contributed by atoms with van der Waals surface area (Å²) in [6, 6.07) is 1.63. The lowest BCUT2D eigenvalue weighted by Gasteiger charge is -2.31. The Morgan fingerprint density at radius 1 is 1.63 bits per heavy atom. The molecule has 1 aromatic heterocycles. The average molecular weight is 325 g/mol. The smallest absolute Gasteiger partial charge is 0.252 e. The molecule has 5 nitrogen and oxygen atoms in total. The minimum atomic E-state index is -3.46. The van der Waals surface area contributed by atoms with Gasteiger partial charge in [-0.1, -0.05) is 11.6 Å². The minimum absolute atomic E-state index is 0.106. The lowest BCUT2D eigenvalue weighted by atomic mass is 10.3. The van der Waals surface area contributed by atoms with Crippen molar-refractivity contribution in [3.05, 3.63) is 16.0 Å². The highest BCUT2D eigenvalue weighted by Gasteiger charge is 2.31. The summed E-state index contributed by atoms with van der Waals surface area (Å²) in [6.45, 7) is 3.62. The maximum atomic E-state index is 12.5. The van der Waals surface area contributed by atoms with Gasteiger partial charge in [-0.2, -0.15) is 4.31 Å². The Morgan fingerprint density at radius 2 is 2.37 bits per heavy atom. The van der Waals surface area contributed by atoms with Crippen LogP contribution in [0.1, 0.15) is 5.56 Å². The van der Waals surface area contributed by atoms with Gasteiger partial charge in [0, 0.05) is 19.6 Å². The number of likely N-dealkylation sites (N-methyl/N-ethyl adjacent to an activating group) is 1. The van der Waals surface area contributed by atoms with Crippen molar-refractivity contribution in [2.45, 2.75) is 17.2 Å². The van der Waals surface area contributed by atoms with E-state index in [0.29, 0.717) is 34.8 Å². The molecule has 0 aromatic carbocycles. The van der Waals surface area contributed by atoms with E-state index in [1.165, 1.54) is 4.31 Å². The number of rotatable bonds is 4. The number of hydrogen-bond donors (Lipinski definition) is 1. The Labute approximate surface area is 122 Å². The maximum Gasteiger partial charge on any atom is 0.252 e. The van der Waals surface area contributed by atoms with Gasteiger partial charge < -0.3 is 10.1 Å². The van der Waals surface area contributed by atoms with Crippen molar-refractivity contribution < 1.29 is 13.2 Å². The maximum absolute atomic E-state index is 12.5. The van der Waals surface area contributed by atoms with Gasteiger partial charge in [0.25, 0.3) is 10.0 Å². The van der Waals surface area contributed by atoms with Crippen LogP contribution in [-0.4, -0.2) is 52.1 Å². The van der Waals surface area contributed by atoms with Crippen LogP contribution >= 0.6 is 22.9 Å². The largest absolute Gasteiger partial charge is 0.374 e. The van der Waals surface area contributed by atoms with Crippen LogP contribution in [0.15, 0.2) is 10.3 Å². The van der Waals surface area contributed by atoms with Crippen LogP contribution in [0, 0.1) is 6.92 Å². The van der Waals surface area contributed by atoms with E-state index >= 15 is 0 Å². The second kappa shape index (κ2) is 6.07. The second-order valence-electron chi connectivity index (χ2n) is 4.44. The topological polar surface area (TPSA) is 58.6 Å². The van der Waals surface area contributed by atoms with Crippen molar-refractivity contribution in [1.29, 1.82) is 0 Å². The monoisotopic (exact) mass is 324 g/mol. The first kappa shape index (κ1) is 15.2. The first-order valence-corrected chi connectivity index (χ1v) is 8.61. The molecule has 0 bridgehead atoms. The highest BCUT2D eigenvalue weighted by molar-refractivity contribution is 7.91. The number of ether oxygens (including phenoxy) is 1. The van der Waals surface area contributed by atoms with Gasteiger partial charge in [-0.05, 0) is 25.6 Å². The van der Waals surface area contributed by atoms with Crippen molar-refractivity contribution in [3.63, 3.8) is 0 Å². The zero-order valence-electron chi connectivity index (χ0n) is 10.8. The van der Waals surface area contributed by atoms with Gasteiger partial charge >= 0.3 is 0 Å². The lowest BCUT2D eigenvalue weighted by Crippen LogP contribution is -2.48. The van der Waals surface area contributed by atoms with Crippen LogP contribution in [0.4, 0.5) is 0 Å². The highest BCUT2D eigenvalue weighted by atomic mass is 35.5. The molecule has 1 unspecified atom stereocenters. The number of thiophene rings is 1. The summed E-state index contributed by atoms with van der Waals surface area (Å²) >= 11 is 7.06. The number of halogens is 1. The zero-order valence-corrected chi connectivity index (χ0v) is 13.2. The van der Waals surface area contributed by atoms with Crippen molar-refractivity contribution in [2.75, 3.05) is 33.3 Å². The quantitative estimate of drug-likeness (QED) is 0.907. The van der Waals surface area contributed by atoms with Crippen LogP contribution in [0.3, 0.4) is 0 Å². The summed E-state index contributed by atoms with van der Waals surface area (Å²) in [7, 11) is -1.64. The summed E-state index contributed by atoms with van der Waals surface area (Å²) < 4.78 is 32.8. The summed E-state index contributed by atoms with van der Waals surface area (Å²) in [4.78, 5) is 0. The van der Waals surface area contributed by atoms with E-state index in [1.54, 1.807) is 13.0 Å². The van der Waals surface area contributed by atoms with Gasteiger partial charge in [0.05, 0.1) is 17.0 Å². The van der Waals surface area contributed by atoms with E-state index in [4.69, 9.17) is 16.3 Å². The van der Waals surface area contributed by atoms with Gasteiger partial charge in [-0.15, -0.1) is 11.3 Å². The number of aryl methyl sites for hydroxylation is 1. The summed E-state index contributed by atoms with van der Waals surface area (Å²) in [5.41, 5.74) is 0.797. The van der Waals surface area contributed by atoms with Crippen LogP contribution < -0.4 is 5.32 Å². The van der Waals surface area contributed by atoms with E-state index in [-0.39, 0.29) is 6.10 Å². The molecule has 0 spiro atoms. The van der Waals surface area contributed by atoms with E-state index in [9.17, 15) is 8.42 Å². The Kier molecular flexibility index (Phi) is 4.86. The van der Waals surface area contributed by atoms with Crippen molar-refractivity contribution in [2.24, 2.45) is 0 Å². The molecule has 1 aromatic rings. The van der Waals surface area contributed by atoms with Crippen LogP contribution in [0.2, 0.25) is 4.34 Å². The predicted octanol–water partition coefficient (Wildman–Crippen LogP) is 1.32. The Balaban J connectivity index is 2.19. The first-order chi connectivity index (χ1) is 8.95. The number of morpholine rings is 1. The highest BCUT2D eigenvalue weighted by Crippen LogP contribution is 2.32. The molecule has 8 heteroatoms. The van der Waals surface area contributed by atoms with Gasteiger partial charge in [0.2, 0.25) is 0 Å². The van der Waals surface area contributed by atoms with Crippen molar-refractivity contribution in [3.8, 4) is 0 Å². The molecule has 1 atom stereocenters. The molecule has 1 aliphatic rings. The molecule has 0 amide bonds. The van der Waals surface area contributed by atoms with Crippen molar-refractivity contribution in [1.82, 2.24) is 9.62 Å². The molecule has 0 saturated carbocycles. The molecule has 2 rings (SSSR count). The van der Waals surface area contributed by atoms with Crippen LogP contribution in [0.5, 0.6) is 0 Å². The van der Waals surface area contributed by atoms with Crippen molar-refractivity contribution >= 4 is 33.0 Å². The summed E-state index contributed by atoms with van der Waals surface area (Å²) in [5, 5.41) is 3.00. The first-order valence-electron chi connectivity index (χ1n) is 5.97. The number of nitrogens with one attached hydrogen (secondary N) is 1. The fourth-order valence-electron chi connectivity index (χ4n) is 1.95. The minimum Gasteiger partial charge on any atom is -0.374 e. The molecule has 0 aliphatic carbocycles. The van der Waals surface area contributed by atoms with Gasteiger partial charge in [-0.3, -0.25) is 0 Å². The molecular weight excluding hydrogens is 308 g/mol. The second-order valence-corrected chi connectivity index (χ2v) is 8.25. The Morgan fingerprint density at radius 3 is 2.95 bits per heavy atom. The SMILES string of the molecule is CNCC1CN(S(=O)(=O)c2cc(C)c(Cl)s2)CCO1. The number of nitrogens with zero attached hydrogens (tertiary/aromatic N) is 1. The van der Waals surface area contributed by atoms with Gasteiger partial charge in [0.15, 0.2) is 0 Å². The zero-order chi connectivity index (χ0) is 14.0. The Bertz CT molecular complexity index is 523. The third kappa shape index (κ3) is 3.29. The Hall–Kier alpha value is -0.180. The molecule has 0 radical (unpaired) electrons. The third-order valence-corrected chi connectivity index (χ3v) is 6.83. The van der Waals surface area contributed by atoms with E-state index in [2.05, 4.69) is 5.32 Å². The van der Waals surface area contributed by atoms with Crippen LogP contribution in [-0.2, 0) is 14.8 Å². The van der Waals surface area contributed by atoms with E-state index < -0.39 is 10.0 Å². The van der Waals surface area contributed by atoms with Gasteiger partial charge in [0.1, 0.15) is 4.21 Å². The number of hydrogen-bond acceptors (Lipinski definition) is 5. The third-order valence-electron chi connectivity index (χ3n) is 2.96.